The molecule has 2 amide bonds. The molecule has 30 heavy (non-hydrogen) atoms. The Bertz CT molecular complexity index is 830. The van der Waals surface area contributed by atoms with Gasteiger partial charge in [0.1, 0.15) is 6.04 Å². The Hall–Kier alpha value is -1.69. The van der Waals surface area contributed by atoms with Crippen LogP contribution in [0.1, 0.15) is 37.8 Å². The van der Waals surface area contributed by atoms with Crippen LogP contribution in [0.3, 0.4) is 0 Å². The van der Waals surface area contributed by atoms with Crippen molar-refractivity contribution in [1.82, 2.24) is 10.2 Å². The summed E-state index contributed by atoms with van der Waals surface area (Å²) >= 11 is 13.5. The molecule has 0 bridgehead atoms. The average molecular weight is 467 g/mol. The maximum absolute atomic E-state index is 13.0. The van der Waals surface area contributed by atoms with E-state index in [2.05, 4.69) is 12.2 Å². The van der Waals surface area contributed by atoms with Crippen LogP contribution in [0.2, 0.25) is 10.0 Å². The minimum Gasteiger partial charge on any atom is -0.354 e. The fourth-order valence-corrected chi connectivity index (χ4v) is 4.08. The summed E-state index contributed by atoms with van der Waals surface area (Å²) in [6, 6.07) is 14.4. The zero-order valence-electron chi connectivity index (χ0n) is 17.4. The third-order valence-corrected chi connectivity index (χ3v) is 6.12. The molecule has 1 N–H and O–H groups in total. The summed E-state index contributed by atoms with van der Waals surface area (Å²) in [7, 11) is 0. The topological polar surface area (TPSA) is 49.4 Å². The highest BCUT2D eigenvalue weighted by Gasteiger charge is 2.25. The molecular weight excluding hydrogens is 439 g/mol. The summed E-state index contributed by atoms with van der Waals surface area (Å²) in [5.74, 6) is 0.773. The Morgan fingerprint density at radius 2 is 1.80 bits per heavy atom. The van der Waals surface area contributed by atoms with Crippen LogP contribution in [-0.4, -0.2) is 35.1 Å². The Morgan fingerprint density at radius 3 is 2.47 bits per heavy atom. The quantitative estimate of drug-likeness (QED) is 0.440. The molecular formula is C23H28Cl2N2O2S. The van der Waals surface area contributed by atoms with Crippen molar-refractivity contribution in [2.24, 2.45) is 0 Å². The van der Waals surface area contributed by atoms with E-state index in [1.807, 2.05) is 42.5 Å². The van der Waals surface area contributed by atoms with E-state index < -0.39 is 6.04 Å². The number of halogens is 2. The molecule has 0 heterocycles. The van der Waals surface area contributed by atoms with Crippen molar-refractivity contribution < 1.29 is 9.59 Å². The molecule has 1 atom stereocenters. The number of nitrogens with zero attached hydrogens (tertiary/aromatic N) is 1. The van der Waals surface area contributed by atoms with Crippen molar-refractivity contribution in [3.8, 4) is 0 Å². The van der Waals surface area contributed by atoms with E-state index in [-0.39, 0.29) is 17.6 Å². The van der Waals surface area contributed by atoms with Gasteiger partial charge in [0.05, 0.1) is 5.75 Å². The molecule has 0 saturated carbocycles. The van der Waals surface area contributed by atoms with Gasteiger partial charge in [-0.15, -0.1) is 11.8 Å². The van der Waals surface area contributed by atoms with Gasteiger partial charge in [-0.05, 0) is 48.7 Å². The van der Waals surface area contributed by atoms with Crippen molar-refractivity contribution in [2.75, 3.05) is 12.3 Å². The normalized spacial score (nSPS) is 11.7. The lowest BCUT2D eigenvalue weighted by Crippen LogP contribution is -2.48. The highest BCUT2D eigenvalue weighted by molar-refractivity contribution is 7.99. The highest BCUT2D eigenvalue weighted by Crippen LogP contribution is 2.19. The second kappa shape index (κ2) is 12.9. The standard InChI is InChI=1S/C23H28Cl2N2O2S/c1-3-4-12-26-23(29)17(2)27(14-19-6-5-7-21(25)13-19)22(28)16-30-15-18-8-10-20(24)11-9-18/h5-11,13,17H,3-4,12,14-16H2,1-2H3,(H,26,29)/t17-/m0/s1. The number of thioether (sulfide) groups is 1. The summed E-state index contributed by atoms with van der Waals surface area (Å²) in [5.41, 5.74) is 2.00. The first-order valence-electron chi connectivity index (χ1n) is 10.0. The number of carbonyl (C=O) groups excluding carboxylic acids is 2. The van der Waals surface area contributed by atoms with Crippen LogP contribution in [0, 0.1) is 0 Å². The van der Waals surface area contributed by atoms with E-state index in [9.17, 15) is 9.59 Å². The Morgan fingerprint density at radius 1 is 1.07 bits per heavy atom. The molecule has 2 rings (SSSR count). The van der Waals surface area contributed by atoms with E-state index >= 15 is 0 Å². The average Bonchev–Trinajstić information content (AvgIpc) is 2.73. The van der Waals surface area contributed by atoms with Crippen molar-refractivity contribution in [1.29, 1.82) is 0 Å². The third kappa shape index (κ3) is 8.21. The molecule has 2 aromatic rings. The van der Waals surface area contributed by atoms with Crippen molar-refractivity contribution in [3.63, 3.8) is 0 Å². The number of amides is 2. The molecule has 2 aromatic carbocycles. The summed E-state index contributed by atoms with van der Waals surface area (Å²) in [4.78, 5) is 27.2. The van der Waals surface area contributed by atoms with Gasteiger partial charge < -0.3 is 10.2 Å². The van der Waals surface area contributed by atoms with Crippen LogP contribution in [-0.2, 0) is 21.9 Å². The first-order valence-corrected chi connectivity index (χ1v) is 12.0. The van der Waals surface area contributed by atoms with Crippen molar-refractivity contribution in [3.05, 3.63) is 69.7 Å². The zero-order valence-corrected chi connectivity index (χ0v) is 19.7. The Labute approximate surface area is 193 Å². The van der Waals surface area contributed by atoms with Crippen LogP contribution in [0.15, 0.2) is 48.5 Å². The predicted octanol–water partition coefficient (Wildman–Crippen LogP) is 5.56. The molecule has 0 radical (unpaired) electrons. The molecule has 0 fully saturated rings. The Kier molecular flexibility index (Phi) is 10.6. The second-order valence-electron chi connectivity index (χ2n) is 7.09. The van der Waals surface area contributed by atoms with Crippen LogP contribution in [0.25, 0.3) is 0 Å². The molecule has 4 nitrogen and oxygen atoms in total. The molecule has 0 spiro atoms. The molecule has 0 aliphatic rings. The zero-order chi connectivity index (χ0) is 21.9. The van der Waals surface area contributed by atoms with Gasteiger partial charge in [0.2, 0.25) is 11.8 Å². The van der Waals surface area contributed by atoms with Gasteiger partial charge >= 0.3 is 0 Å². The second-order valence-corrected chi connectivity index (χ2v) is 8.95. The van der Waals surface area contributed by atoms with E-state index in [1.54, 1.807) is 17.9 Å². The first-order chi connectivity index (χ1) is 14.4. The highest BCUT2D eigenvalue weighted by atomic mass is 35.5. The number of rotatable bonds is 11. The number of hydrogen-bond donors (Lipinski definition) is 1. The summed E-state index contributed by atoms with van der Waals surface area (Å²) in [6.45, 7) is 4.80. The SMILES string of the molecule is CCCCNC(=O)[C@H](C)N(Cc1cccc(Cl)c1)C(=O)CSCc1ccc(Cl)cc1. The van der Waals surface area contributed by atoms with Gasteiger partial charge in [0, 0.05) is 28.9 Å². The molecule has 0 unspecified atom stereocenters. The fraction of sp³-hybridized carbons (Fsp3) is 0.391. The summed E-state index contributed by atoms with van der Waals surface area (Å²) in [5, 5.41) is 4.22. The maximum atomic E-state index is 13.0. The number of benzene rings is 2. The van der Waals surface area contributed by atoms with E-state index in [0.717, 1.165) is 24.0 Å². The number of carbonyl (C=O) groups is 2. The monoisotopic (exact) mass is 466 g/mol. The van der Waals surface area contributed by atoms with Gasteiger partial charge in [0.25, 0.3) is 0 Å². The lowest BCUT2D eigenvalue weighted by atomic mass is 10.1. The van der Waals surface area contributed by atoms with Gasteiger partial charge in [-0.1, -0.05) is 60.8 Å². The lowest BCUT2D eigenvalue weighted by molar-refractivity contribution is -0.138. The van der Waals surface area contributed by atoms with Crippen LogP contribution in [0.5, 0.6) is 0 Å². The molecule has 7 heteroatoms. The number of nitrogens with one attached hydrogen (secondary N) is 1. The minimum absolute atomic E-state index is 0.0768. The number of hydrogen-bond acceptors (Lipinski definition) is 3. The van der Waals surface area contributed by atoms with E-state index in [4.69, 9.17) is 23.2 Å². The summed E-state index contributed by atoms with van der Waals surface area (Å²) < 4.78 is 0. The third-order valence-electron chi connectivity index (χ3n) is 4.65. The van der Waals surface area contributed by atoms with Crippen LogP contribution >= 0.6 is 35.0 Å². The van der Waals surface area contributed by atoms with Gasteiger partial charge in [-0.25, -0.2) is 0 Å². The summed E-state index contributed by atoms with van der Waals surface area (Å²) in [6.07, 6.45) is 1.92. The molecule has 0 saturated heterocycles. The Balaban J connectivity index is 2.03. The largest absolute Gasteiger partial charge is 0.354 e. The fourth-order valence-electron chi connectivity index (χ4n) is 2.87. The molecule has 0 aliphatic carbocycles. The van der Waals surface area contributed by atoms with E-state index in [1.165, 1.54) is 11.8 Å². The molecule has 0 aromatic heterocycles. The maximum Gasteiger partial charge on any atom is 0.242 e. The lowest BCUT2D eigenvalue weighted by Gasteiger charge is -2.29. The van der Waals surface area contributed by atoms with Crippen LogP contribution < -0.4 is 5.32 Å². The molecule has 162 valence electrons. The van der Waals surface area contributed by atoms with Crippen molar-refractivity contribution in [2.45, 2.75) is 45.0 Å². The molecule has 0 aliphatic heterocycles. The van der Waals surface area contributed by atoms with E-state index in [0.29, 0.717) is 28.9 Å². The first kappa shape index (κ1) is 24.6. The smallest absolute Gasteiger partial charge is 0.242 e. The predicted molar refractivity (Wildman–Crippen MR) is 127 cm³/mol. The van der Waals surface area contributed by atoms with Gasteiger partial charge in [-0.3, -0.25) is 9.59 Å². The van der Waals surface area contributed by atoms with Crippen molar-refractivity contribution >= 4 is 46.8 Å². The minimum atomic E-state index is -0.565. The number of unbranched alkanes of at least 4 members (excludes halogenated alkanes) is 1. The van der Waals surface area contributed by atoms with Crippen LogP contribution in [0.4, 0.5) is 0 Å². The van der Waals surface area contributed by atoms with Gasteiger partial charge in [0.15, 0.2) is 0 Å². The van der Waals surface area contributed by atoms with Gasteiger partial charge in [-0.2, -0.15) is 0 Å².